The first-order valence-electron chi connectivity index (χ1n) is 5.57. The van der Waals surface area contributed by atoms with Crippen molar-refractivity contribution in [1.82, 2.24) is 16.0 Å². The highest BCUT2D eigenvalue weighted by atomic mass is 35.5. The second-order valence-electron chi connectivity index (χ2n) is 3.89. The van der Waals surface area contributed by atoms with E-state index in [-0.39, 0.29) is 10.7 Å². The minimum absolute atomic E-state index is 0.0493. The summed E-state index contributed by atoms with van der Waals surface area (Å²) in [7, 11) is 0. The van der Waals surface area contributed by atoms with Gasteiger partial charge in [-0.1, -0.05) is 35.0 Å². The van der Waals surface area contributed by atoms with E-state index in [1.807, 2.05) is 0 Å². The molecular formula is C12H11ClN4O2S. The minimum atomic E-state index is -0.466. The van der Waals surface area contributed by atoms with Gasteiger partial charge in [-0.3, -0.25) is 15.6 Å². The summed E-state index contributed by atoms with van der Waals surface area (Å²) in [6.07, 6.45) is 0. The van der Waals surface area contributed by atoms with Crippen molar-refractivity contribution in [3.05, 3.63) is 40.6 Å². The molecule has 2 rings (SSSR count). The third-order valence-electron chi connectivity index (χ3n) is 2.52. The lowest BCUT2D eigenvalue weighted by atomic mass is 10.1. The van der Waals surface area contributed by atoms with Gasteiger partial charge < -0.3 is 10.3 Å². The molecule has 20 heavy (non-hydrogen) atoms. The fourth-order valence-electron chi connectivity index (χ4n) is 1.66. The lowest BCUT2D eigenvalue weighted by Gasteiger charge is -2.07. The second-order valence-corrected chi connectivity index (χ2v) is 4.73. The molecule has 2 aromatic rings. The molecule has 0 saturated heterocycles. The Morgan fingerprint density at radius 3 is 2.75 bits per heavy atom. The van der Waals surface area contributed by atoms with Crippen LogP contribution in [0, 0.1) is 6.92 Å². The quantitative estimate of drug-likeness (QED) is 0.578. The van der Waals surface area contributed by atoms with E-state index in [2.05, 4.69) is 28.2 Å². The summed E-state index contributed by atoms with van der Waals surface area (Å²) in [5, 5.41) is 4.30. The van der Waals surface area contributed by atoms with Crippen molar-refractivity contribution in [1.29, 1.82) is 0 Å². The van der Waals surface area contributed by atoms with Crippen LogP contribution in [0.3, 0.4) is 0 Å². The van der Waals surface area contributed by atoms with Gasteiger partial charge in [-0.25, -0.2) is 0 Å². The van der Waals surface area contributed by atoms with E-state index in [1.54, 1.807) is 31.2 Å². The summed E-state index contributed by atoms with van der Waals surface area (Å²) in [6.45, 7) is 1.63. The van der Waals surface area contributed by atoms with Crippen LogP contribution in [0.2, 0.25) is 5.02 Å². The van der Waals surface area contributed by atoms with E-state index in [9.17, 15) is 4.79 Å². The number of nitrogens with two attached hydrogens (primary N) is 1. The number of carbonyl (C=O) groups excluding carboxylic acids is 1. The lowest BCUT2D eigenvalue weighted by Crippen LogP contribution is -2.44. The van der Waals surface area contributed by atoms with E-state index in [1.165, 1.54) is 0 Å². The number of rotatable bonds is 2. The molecule has 0 fully saturated rings. The van der Waals surface area contributed by atoms with E-state index in [0.717, 1.165) is 0 Å². The largest absolute Gasteiger partial charge is 0.375 e. The standard InChI is InChI=1S/C12H11ClN4O2S/c1-6-9(11(18)15-16-12(14)20)10(17-19-6)7-4-2-3-5-8(7)13/h2-5H,1H3,(H,15,18)(H3,14,16,20). The van der Waals surface area contributed by atoms with Crippen molar-refractivity contribution in [2.75, 3.05) is 0 Å². The Morgan fingerprint density at radius 1 is 1.40 bits per heavy atom. The van der Waals surface area contributed by atoms with Gasteiger partial charge in [0, 0.05) is 5.56 Å². The highest BCUT2D eigenvalue weighted by Gasteiger charge is 2.22. The van der Waals surface area contributed by atoms with Crippen LogP contribution in [-0.2, 0) is 0 Å². The first-order valence-corrected chi connectivity index (χ1v) is 6.36. The topological polar surface area (TPSA) is 93.2 Å². The summed E-state index contributed by atoms with van der Waals surface area (Å²) in [5.41, 5.74) is 11.2. The van der Waals surface area contributed by atoms with Gasteiger partial charge in [0.2, 0.25) is 0 Å². The van der Waals surface area contributed by atoms with Crippen LogP contribution in [-0.4, -0.2) is 16.2 Å². The Bertz CT molecular complexity index is 671. The lowest BCUT2D eigenvalue weighted by molar-refractivity contribution is 0.0943. The zero-order valence-electron chi connectivity index (χ0n) is 10.4. The molecule has 0 aliphatic heterocycles. The number of amides is 1. The highest BCUT2D eigenvalue weighted by molar-refractivity contribution is 7.80. The van der Waals surface area contributed by atoms with Gasteiger partial charge >= 0.3 is 0 Å². The normalized spacial score (nSPS) is 10.1. The van der Waals surface area contributed by atoms with Crippen molar-refractivity contribution in [2.24, 2.45) is 5.73 Å². The molecule has 0 unspecified atom stereocenters. The van der Waals surface area contributed by atoms with Crippen LogP contribution >= 0.6 is 23.8 Å². The molecule has 8 heteroatoms. The van der Waals surface area contributed by atoms with Crippen LogP contribution < -0.4 is 16.6 Å². The van der Waals surface area contributed by atoms with Gasteiger partial charge in [-0.05, 0) is 25.2 Å². The van der Waals surface area contributed by atoms with Crippen LogP contribution in [0.4, 0.5) is 0 Å². The van der Waals surface area contributed by atoms with Crippen molar-refractivity contribution in [3.8, 4) is 11.3 Å². The number of thiocarbonyl (C=S) groups is 1. The molecule has 0 bridgehead atoms. The average Bonchev–Trinajstić information content (AvgIpc) is 2.78. The van der Waals surface area contributed by atoms with Crippen molar-refractivity contribution >= 4 is 34.8 Å². The third kappa shape index (κ3) is 2.89. The van der Waals surface area contributed by atoms with Crippen molar-refractivity contribution < 1.29 is 9.32 Å². The molecule has 1 heterocycles. The molecule has 0 aliphatic carbocycles. The fraction of sp³-hybridized carbons (Fsp3) is 0.0833. The molecule has 1 aromatic carbocycles. The maximum atomic E-state index is 12.1. The van der Waals surface area contributed by atoms with Gasteiger partial charge in [0.15, 0.2) is 5.11 Å². The summed E-state index contributed by atoms with van der Waals surface area (Å²) < 4.78 is 5.07. The summed E-state index contributed by atoms with van der Waals surface area (Å²) in [4.78, 5) is 12.1. The van der Waals surface area contributed by atoms with E-state index >= 15 is 0 Å². The van der Waals surface area contributed by atoms with Crippen LogP contribution in [0.15, 0.2) is 28.8 Å². The maximum absolute atomic E-state index is 12.1. The number of hydrogen-bond acceptors (Lipinski definition) is 4. The Hall–Kier alpha value is -2.12. The molecule has 104 valence electrons. The number of carbonyl (C=O) groups is 1. The molecule has 0 atom stereocenters. The first kappa shape index (κ1) is 14.3. The first-order chi connectivity index (χ1) is 9.50. The minimum Gasteiger partial charge on any atom is -0.375 e. The smallest absolute Gasteiger partial charge is 0.275 e. The SMILES string of the molecule is Cc1onc(-c2ccccc2Cl)c1C(=O)NNC(N)=S. The van der Waals surface area contributed by atoms with Crippen LogP contribution in [0.5, 0.6) is 0 Å². The molecular weight excluding hydrogens is 300 g/mol. The maximum Gasteiger partial charge on any atom is 0.275 e. The average molecular weight is 311 g/mol. The second kappa shape index (κ2) is 5.89. The predicted molar refractivity (Wildman–Crippen MR) is 79.1 cm³/mol. The van der Waals surface area contributed by atoms with E-state index in [4.69, 9.17) is 21.9 Å². The van der Waals surface area contributed by atoms with Gasteiger partial charge in [0.1, 0.15) is 17.0 Å². The Balaban J connectivity index is 2.40. The number of nitrogens with zero attached hydrogens (tertiary/aromatic N) is 1. The zero-order valence-corrected chi connectivity index (χ0v) is 12.0. The van der Waals surface area contributed by atoms with Crippen molar-refractivity contribution in [2.45, 2.75) is 6.92 Å². The fourth-order valence-corrected chi connectivity index (χ4v) is 1.93. The van der Waals surface area contributed by atoms with Gasteiger partial charge in [-0.2, -0.15) is 0 Å². The Kier molecular flexibility index (Phi) is 4.21. The number of halogens is 1. The van der Waals surface area contributed by atoms with Crippen LogP contribution in [0.25, 0.3) is 11.3 Å². The summed E-state index contributed by atoms with van der Waals surface area (Å²) in [6, 6.07) is 7.03. The van der Waals surface area contributed by atoms with Crippen molar-refractivity contribution in [3.63, 3.8) is 0 Å². The monoisotopic (exact) mass is 310 g/mol. The van der Waals surface area contributed by atoms with Crippen LogP contribution in [0.1, 0.15) is 16.1 Å². The third-order valence-corrected chi connectivity index (χ3v) is 2.95. The number of hydrogen-bond donors (Lipinski definition) is 3. The highest BCUT2D eigenvalue weighted by Crippen LogP contribution is 2.30. The summed E-state index contributed by atoms with van der Waals surface area (Å²) >= 11 is 10.7. The number of aromatic nitrogens is 1. The molecule has 0 aliphatic rings. The van der Waals surface area contributed by atoms with E-state index in [0.29, 0.717) is 22.0 Å². The Labute approximate surface area is 125 Å². The van der Waals surface area contributed by atoms with Gasteiger partial charge in [-0.15, -0.1) is 0 Å². The molecule has 1 aromatic heterocycles. The molecule has 0 saturated carbocycles. The number of nitrogens with one attached hydrogen (secondary N) is 2. The van der Waals surface area contributed by atoms with Gasteiger partial charge in [0.05, 0.1) is 5.02 Å². The van der Waals surface area contributed by atoms with E-state index < -0.39 is 5.91 Å². The molecule has 4 N–H and O–H groups in total. The van der Waals surface area contributed by atoms with Gasteiger partial charge in [0.25, 0.3) is 5.91 Å². The Morgan fingerprint density at radius 2 is 2.10 bits per heavy atom. The molecule has 6 nitrogen and oxygen atoms in total. The number of hydrazine groups is 1. The predicted octanol–water partition coefficient (Wildman–Crippen LogP) is 1.78. The molecule has 0 spiro atoms. The molecule has 1 amide bonds. The number of benzene rings is 1. The molecule has 0 radical (unpaired) electrons. The zero-order chi connectivity index (χ0) is 14.7. The number of aryl methyl sites for hydroxylation is 1. The summed E-state index contributed by atoms with van der Waals surface area (Å²) in [5.74, 6) is -0.103.